The fraction of sp³-hybridized carbons (Fsp3) is 0.240. The maximum Gasteiger partial charge on any atom is 0.194 e. The van der Waals surface area contributed by atoms with Crippen LogP contribution < -0.4 is 0 Å². The van der Waals surface area contributed by atoms with E-state index < -0.39 is 0 Å². The van der Waals surface area contributed by atoms with Gasteiger partial charge in [0.25, 0.3) is 0 Å². The monoisotopic (exact) mass is 812 g/mol. The normalized spacial score (nSPS) is 19.6. The molecule has 8 nitrogen and oxygen atoms in total. The van der Waals surface area contributed by atoms with Crippen molar-refractivity contribution in [3.63, 3.8) is 0 Å². The van der Waals surface area contributed by atoms with E-state index in [0.717, 1.165) is 85.4 Å². The molecule has 2 heterocycles. The molecule has 2 saturated carbocycles. The Balaban J connectivity index is 1.07. The Morgan fingerprint density at radius 2 is 0.900 bits per heavy atom. The SMILES string of the molecule is N#CC(C#N)=C1/C(=C/c2nc3c(s2)-c2cc4c(cc2C32CCCCC2)-c2sc(/C=C3\C(=O)c5ccccc5C3=C(C#N)C#N)nc2C42CCCCC2)C(=O)c2ccccc21. The predicted octanol–water partition coefficient (Wildman–Crippen LogP) is 11.2. The van der Waals surface area contributed by atoms with Gasteiger partial charge < -0.3 is 0 Å². The Hall–Kier alpha value is -6.82. The molecule has 2 fully saturated rings. The highest BCUT2D eigenvalue weighted by atomic mass is 32.1. The first kappa shape index (κ1) is 36.3. The summed E-state index contributed by atoms with van der Waals surface area (Å²) in [5.41, 5.74) is 9.94. The number of nitrogens with zero attached hydrogens (tertiary/aromatic N) is 6. The van der Waals surface area contributed by atoms with Gasteiger partial charge in [0.15, 0.2) is 11.6 Å². The van der Waals surface area contributed by atoms with Gasteiger partial charge in [0.2, 0.25) is 0 Å². The zero-order chi connectivity index (χ0) is 40.9. The summed E-state index contributed by atoms with van der Waals surface area (Å²) >= 11 is 3.17. The fourth-order valence-corrected chi connectivity index (χ4v) is 13.4. The third-order valence-corrected chi connectivity index (χ3v) is 15.8. The van der Waals surface area contributed by atoms with Crippen molar-refractivity contribution in [3.8, 4) is 45.2 Å². The first-order valence-electron chi connectivity index (χ1n) is 20.4. The third-order valence-electron chi connectivity index (χ3n) is 13.7. The highest BCUT2D eigenvalue weighted by molar-refractivity contribution is 7.16. The minimum absolute atomic E-state index is 0.0857. The van der Waals surface area contributed by atoms with Crippen LogP contribution in [0.4, 0.5) is 0 Å². The van der Waals surface area contributed by atoms with Gasteiger partial charge in [-0.15, -0.1) is 22.7 Å². The van der Waals surface area contributed by atoms with Crippen LogP contribution in [-0.2, 0) is 10.8 Å². The number of fused-ring (bicyclic) bond motifs is 12. The smallest absolute Gasteiger partial charge is 0.194 e. The summed E-state index contributed by atoms with van der Waals surface area (Å²) in [6.45, 7) is 0. The molecule has 6 aliphatic rings. The average molecular weight is 813 g/mol. The van der Waals surface area contributed by atoms with Crippen LogP contribution in [-0.4, -0.2) is 21.5 Å². The molecule has 5 aromatic rings. The Labute approximate surface area is 354 Å². The second-order valence-electron chi connectivity index (χ2n) is 16.5. The molecule has 10 heteroatoms. The van der Waals surface area contributed by atoms with E-state index in [1.165, 1.54) is 22.3 Å². The van der Waals surface area contributed by atoms with Crippen LogP contribution >= 0.6 is 22.7 Å². The number of Topliss-reactive ketones (excluding diaryl/α,β-unsaturated/α-hetero) is 2. The van der Waals surface area contributed by atoms with E-state index in [1.54, 1.807) is 71.2 Å². The maximum atomic E-state index is 13.9. The van der Waals surface area contributed by atoms with Crippen molar-refractivity contribution in [1.29, 1.82) is 21.0 Å². The maximum absolute atomic E-state index is 13.9. The van der Waals surface area contributed by atoms with E-state index in [9.17, 15) is 30.6 Å². The van der Waals surface area contributed by atoms with E-state index in [0.29, 0.717) is 54.6 Å². The van der Waals surface area contributed by atoms with Crippen LogP contribution in [0, 0.1) is 45.3 Å². The van der Waals surface area contributed by atoms with Gasteiger partial charge in [0.05, 0.1) is 21.1 Å². The second-order valence-corrected chi connectivity index (χ2v) is 18.6. The van der Waals surface area contributed by atoms with Crippen LogP contribution in [0.1, 0.15) is 129 Å². The molecule has 2 spiro atoms. The predicted molar refractivity (Wildman–Crippen MR) is 230 cm³/mol. The molecular formula is C50H32N6O2S2. The van der Waals surface area contributed by atoms with Crippen molar-refractivity contribution >= 4 is 57.5 Å². The van der Waals surface area contributed by atoms with Crippen molar-refractivity contribution in [2.45, 2.75) is 75.0 Å². The quantitative estimate of drug-likeness (QED) is 0.126. The minimum Gasteiger partial charge on any atom is -0.289 e. The van der Waals surface area contributed by atoms with Crippen molar-refractivity contribution in [2.75, 3.05) is 0 Å². The summed E-state index contributed by atoms with van der Waals surface area (Å²) < 4.78 is 0. The van der Waals surface area contributed by atoms with Crippen LogP contribution in [0.2, 0.25) is 0 Å². The number of carbonyl (C=O) groups is 2. The van der Waals surface area contributed by atoms with Gasteiger partial charge in [-0.3, -0.25) is 9.59 Å². The number of aromatic nitrogens is 2. The van der Waals surface area contributed by atoms with E-state index in [1.807, 2.05) is 36.4 Å². The number of ketones is 2. The number of carbonyl (C=O) groups excluding carboxylic acids is 2. The molecule has 0 unspecified atom stereocenters. The average Bonchev–Trinajstić information content (AvgIpc) is 4.11. The summed E-state index contributed by atoms with van der Waals surface area (Å²) in [4.78, 5) is 40.7. The summed E-state index contributed by atoms with van der Waals surface area (Å²) in [5, 5.41) is 41.1. The van der Waals surface area contributed by atoms with E-state index in [2.05, 4.69) is 12.1 Å². The highest BCUT2D eigenvalue weighted by Crippen LogP contribution is 2.63. The third kappa shape index (κ3) is 4.84. The van der Waals surface area contributed by atoms with Gasteiger partial charge in [-0.25, -0.2) is 9.97 Å². The molecule has 286 valence electrons. The topological polar surface area (TPSA) is 155 Å². The Morgan fingerprint density at radius 3 is 1.27 bits per heavy atom. The molecule has 0 amide bonds. The van der Waals surface area contributed by atoms with Gasteiger partial charge in [-0.1, -0.05) is 87.1 Å². The zero-order valence-corrected chi connectivity index (χ0v) is 33.9. The van der Waals surface area contributed by atoms with Crippen molar-refractivity contribution in [3.05, 3.63) is 138 Å². The van der Waals surface area contributed by atoms with Gasteiger partial charge in [-0.2, -0.15) is 21.0 Å². The number of thiazole rings is 2. The molecule has 0 radical (unpaired) electrons. The molecule has 0 saturated heterocycles. The van der Waals surface area contributed by atoms with Gasteiger partial charge in [0.1, 0.15) is 45.4 Å². The van der Waals surface area contributed by atoms with Crippen LogP contribution in [0.3, 0.4) is 0 Å². The second kappa shape index (κ2) is 13.4. The molecule has 11 rings (SSSR count). The first-order chi connectivity index (χ1) is 29.4. The molecule has 6 aliphatic carbocycles. The Kier molecular flexibility index (Phi) is 8.07. The molecule has 2 aromatic heterocycles. The molecule has 0 N–H and O–H groups in total. The van der Waals surface area contributed by atoms with Crippen LogP contribution in [0.5, 0.6) is 0 Å². The number of hydrogen-bond donors (Lipinski definition) is 0. The van der Waals surface area contributed by atoms with Crippen LogP contribution in [0.25, 0.3) is 44.2 Å². The molecule has 60 heavy (non-hydrogen) atoms. The lowest BCUT2D eigenvalue weighted by atomic mass is 9.67. The number of hydrogen-bond acceptors (Lipinski definition) is 10. The standard InChI is InChI=1S/C50H32N6O2S2/c51-23-27(24-52)41-29-11-3-5-13-31(29)43(57)35(41)21-39-55-47-45(59-39)33-20-38-34(19-37(33)49(47)15-7-1-8-16-49)46-48(50(38)17-9-2-10-18-50)56-40(60-46)22-36-42(28(25-53)26-54)30-12-4-6-14-32(30)44(36)58/h3-6,11-14,19-22H,1-2,7-10,15-18H2/b35-21-,36-22-. The summed E-state index contributed by atoms with van der Waals surface area (Å²) in [6.07, 6.45) is 14.0. The van der Waals surface area contributed by atoms with Gasteiger partial charge in [-0.05, 0) is 83.3 Å². The zero-order valence-electron chi connectivity index (χ0n) is 32.3. The van der Waals surface area contributed by atoms with Crippen molar-refractivity contribution in [2.24, 2.45) is 0 Å². The summed E-state index contributed by atoms with van der Waals surface area (Å²) in [6, 6.07) is 27.3. The van der Waals surface area contributed by atoms with E-state index >= 15 is 0 Å². The lowest BCUT2D eigenvalue weighted by Gasteiger charge is -2.36. The van der Waals surface area contributed by atoms with Crippen molar-refractivity contribution < 1.29 is 9.59 Å². The number of rotatable bonds is 2. The fourth-order valence-electron chi connectivity index (χ4n) is 11.1. The van der Waals surface area contributed by atoms with Gasteiger partial charge in [0, 0.05) is 44.2 Å². The minimum atomic E-state index is -0.290. The molecule has 0 atom stereocenters. The number of benzene rings is 3. The lowest BCUT2D eigenvalue weighted by molar-refractivity contribution is 0.103. The summed E-state index contributed by atoms with van der Waals surface area (Å²) in [7, 11) is 0. The van der Waals surface area contributed by atoms with E-state index in [-0.39, 0.29) is 33.5 Å². The molecule has 0 bridgehead atoms. The molecular weight excluding hydrogens is 781 g/mol. The molecule has 0 aliphatic heterocycles. The Morgan fingerprint density at radius 1 is 0.533 bits per heavy atom. The largest absolute Gasteiger partial charge is 0.289 e. The van der Waals surface area contributed by atoms with Crippen LogP contribution in [0.15, 0.2) is 83.0 Å². The number of allylic oxidation sites excluding steroid dienone is 6. The summed E-state index contributed by atoms with van der Waals surface area (Å²) in [5.74, 6) is -0.413. The first-order valence-corrected chi connectivity index (χ1v) is 22.0. The van der Waals surface area contributed by atoms with Gasteiger partial charge >= 0.3 is 0 Å². The van der Waals surface area contributed by atoms with Crippen molar-refractivity contribution in [1.82, 2.24) is 9.97 Å². The number of nitriles is 4. The molecule has 3 aromatic carbocycles. The lowest BCUT2D eigenvalue weighted by Crippen LogP contribution is -2.30. The highest BCUT2D eigenvalue weighted by Gasteiger charge is 2.52. The van der Waals surface area contributed by atoms with E-state index in [4.69, 9.17) is 9.97 Å². The Bertz CT molecular complexity index is 2900.